The Labute approximate surface area is 179 Å². The number of benzene rings is 2. The van der Waals surface area contributed by atoms with Gasteiger partial charge in [-0.1, -0.05) is 24.3 Å². The molecule has 8 heteroatoms. The summed E-state index contributed by atoms with van der Waals surface area (Å²) in [5, 5.41) is 1.74. The number of carbonyl (C=O) groups excluding carboxylic acids is 1. The van der Waals surface area contributed by atoms with Gasteiger partial charge in [0.2, 0.25) is 7.05 Å². The molecular formula is C23H25F3N3O2+. The monoisotopic (exact) mass is 432 g/mol. The molecule has 0 unspecified atom stereocenters. The second-order valence-electron chi connectivity index (χ2n) is 8.26. The van der Waals surface area contributed by atoms with Crippen LogP contribution in [0.5, 0.6) is 0 Å². The van der Waals surface area contributed by atoms with Crippen LogP contribution in [-0.4, -0.2) is 53.4 Å². The topological polar surface area (TPSA) is 43.6 Å². The molecule has 2 heterocycles. The second kappa shape index (κ2) is 8.32. The Morgan fingerprint density at radius 3 is 2.26 bits per heavy atom. The standard InChI is InChI=1S/C23H25F3N3O2/c1-27(31)28-11-9-20(10-12-28)29-13-8-18-5-2-17(15-21(18)22(29)30)14-16-3-6-19(7-4-16)23(24,25)26/h2-7,15,20H,8-14H2,1H3/q+1. The van der Waals surface area contributed by atoms with Crippen molar-refractivity contribution in [3.63, 3.8) is 0 Å². The lowest BCUT2D eigenvalue weighted by atomic mass is 9.92. The first-order valence-electron chi connectivity index (χ1n) is 10.5. The fraction of sp³-hybridized carbons (Fsp3) is 0.435. The molecule has 0 saturated carbocycles. The fourth-order valence-electron chi connectivity index (χ4n) is 4.49. The van der Waals surface area contributed by atoms with E-state index >= 15 is 0 Å². The van der Waals surface area contributed by atoms with Gasteiger partial charge in [0, 0.05) is 18.2 Å². The quantitative estimate of drug-likeness (QED) is 0.684. The molecular weight excluding hydrogens is 407 g/mol. The summed E-state index contributed by atoms with van der Waals surface area (Å²) >= 11 is 0. The van der Waals surface area contributed by atoms with Gasteiger partial charge in [0.25, 0.3) is 5.91 Å². The van der Waals surface area contributed by atoms with Gasteiger partial charge in [0.15, 0.2) is 0 Å². The summed E-state index contributed by atoms with van der Waals surface area (Å²) in [6.07, 6.45) is -1.58. The molecule has 1 fully saturated rings. The van der Waals surface area contributed by atoms with E-state index in [-0.39, 0.29) is 11.9 Å². The van der Waals surface area contributed by atoms with Crippen LogP contribution < -0.4 is 0 Å². The van der Waals surface area contributed by atoms with Crippen molar-refractivity contribution in [3.05, 3.63) is 75.2 Å². The smallest absolute Gasteiger partial charge is 0.335 e. The van der Waals surface area contributed by atoms with Crippen LogP contribution in [0.1, 0.15) is 45.5 Å². The lowest BCUT2D eigenvalue weighted by Crippen LogP contribution is -2.51. The largest absolute Gasteiger partial charge is 0.416 e. The summed E-state index contributed by atoms with van der Waals surface area (Å²) in [6, 6.07) is 11.0. The van der Waals surface area contributed by atoms with E-state index in [1.807, 2.05) is 23.1 Å². The summed E-state index contributed by atoms with van der Waals surface area (Å²) in [5.74, 6) is 0.00412. The van der Waals surface area contributed by atoms with E-state index in [0.717, 1.165) is 53.0 Å². The maximum Gasteiger partial charge on any atom is 0.416 e. The van der Waals surface area contributed by atoms with Gasteiger partial charge in [-0.05, 0) is 60.6 Å². The normalized spacial score (nSPS) is 17.6. The summed E-state index contributed by atoms with van der Waals surface area (Å²) in [6.45, 7) is 1.94. The highest BCUT2D eigenvalue weighted by Gasteiger charge is 2.34. The number of hydrogen-bond acceptors (Lipinski definition) is 2. The zero-order chi connectivity index (χ0) is 22.2. The molecule has 2 aliphatic heterocycles. The number of nitroso groups, excluding NO2 is 1. The Morgan fingerprint density at radius 1 is 1.00 bits per heavy atom. The highest BCUT2D eigenvalue weighted by Crippen LogP contribution is 2.30. The van der Waals surface area contributed by atoms with Gasteiger partial charge in [0.1, 0.15) is 4.87 Å². The van der Waals surface area contributed by atoms with Crippen molar-refractivity contribution < 1.29 is 22.8 Å². The number of alkyl halides is 3. The third-order valence-electron chi connectivity index (χ3n) is 6.26. The molecule has 5 nitrogen and oxygen atoms in total. The lowest BCUT2D eigenvalue weighted by Gasteiger charge is -2.38. The Balaban J connectivity index is 1.47. The van der Waals surface area contributed by atoms with Gasteiger partial charge in [-0.3, -0.25) is 4.79 Å². The Bertz CT molecular complexity index is 981. The molecule has 2 aromatic rings. The average molecular weight is 432 g/mol. The Hall–Kier alpha value is -2.90. The number of carbonyl (C=O) groups is 1. The lowest BCUT2D eigenvalue weighted by molar-refractivity contribution is -0.688. The molecule has 0 aliphatic carbocycles. The van der Waals surface area contributed by atoms with Crippen LogP contribution in [0.3, 0.4) is 0 Å². The zero-order valence-corrected chi connectivity index (χ0v) is 17.4. The average Bonchev–Trinajstić information content (AvgIpc) is 2.74. The van der Waals surface area contributed by atoms with Crippen molar-refractivity contribution >= 4 is 5.91 Å². The van der Waals surface area contributed by atoms with Gasteiger partial charge in [-0.2, -0.15) is 13.2 Å². The molecule has 0 N–H and O–H groups in total. The summed E-state index contributed by atoms with van der Waals surface area (Å²) in [7, 11) is 1.49. The summed E-state index contributed by atoms with van der Waals surface area (Å²) in [5.41, 5.74) is 2.69. The van der Waals surface area contributed by atoms with Crippen molar-refractivity contribution in [1.29, 1.82) is 0 Å². The number of nitrogens with zero attached hydrogens (tertiary/aromatic N) is 3. The van der Waals surface area contributed by atoms with E-state index in [4.69, 9.17) is 0 Å². The highest BCUT2D eigenvalue weighted by atomic mass is 19.4. The number of rotatable bonds is 4. The van der Waals surface area contributed by atoms with E-state index in [0.29, 0.717) is 31.6 Å². The molecule has 0 bridgehead atoms. The van der Waals surface area contributed by atoms with Crippen LogP contribution in [-0.2, 0) is 19.0 Å². The SMILES string of the molecule is C[N+](=O)N1CCC(N2CCc3ccc(Cc4ccc(C(F)(F)F)cc4)cc3C2=O)CC1. The van der Waals surface area contributed by atoms with Crippen LogP contribution in [0.2, 0.25) is 0 Å². The van der Waals surface area contributed by atoms with Gasteiger partial charge >= 0.3 is 6.18 Å². The minimum atomic E-state index is -4.35. The third-order valence-corrected chi connectivity index (χ3v) is 6.26. The highest BCUT2D eigenvalue weighted by molar-refractivity contribution is 5.97. The van der Waals surface area contributed by atoms with Crippen molar-refractivity contribution in [3.8, 4) is 0 Å². The fourth-order valence-corrected chi connectivity index (χ4v) is 4.49. The molecule has 31 heavy (non-hydrogen) atoms. The van der Waals surface area contributed by atoms with Crippen LogP contribution in [0, 0.1) is 4.91 Å². The molecule has 0 aromatic heterocycles. The number of fused-ring (bicyclic) bond motifs is 1. The second-order valence-corrected chi connectivity index (χ2v) is 8.26. The molecule has 4 rings (SSSR count). The van der Waals surface area contributed by atoms with Gasteiger partial charge in [-0.25, -0.2) is 0 Å². The number of amides is 1. The summed E-state index contributed by atoms with van der Waals surface area (Å²) in [4.78, 5) is 27.5. The molecule has 164 valence electrons. The van der Waals surface area contributed by atoms with E-state index in [1.54, 1.807) is 5.01 Å². The maximum atomic E-state index is 13.2. The maximum absolute atomic E-state index is 13.2. The predicted molar refractivity (Wildman–Crippen MR) is 110 cm³/mol. The van der Waals surface area contributed by atoms with Crippen LogP contribution in [0.4, 0.5) is 13.2 Å². The van der Waals surface area contributed by atoms with Crippen molar-refractivity contribution in [2.45, 2.75) is 37.9 Å². The third kappa shape index (κ3) is 4.57. The van der Waals surface area contributed by atoms with E-state index in [9.17, 15) is 22.9 Å². The van der Waals surface area contributed by atoms with Crippen molar-refractivity contribution in [1.82, 2.24) is 9.91 Å². The minimum absolute atomic E-state index is 0.00412. The van der Waals surface area contributed by atoms with Crippen LogP contribution >= 0.6 is 0 Å². The summed E-state index contributed by atoms with van der Waals surface area (Å²) < 4.78 is 38.3. The van der Waals surface area contributed by atoms with E-state index < -0.39 is 11.7 Å². The van der Waals surface area contributed by atoms with Crippen molar-refractivity contribution in [2.24, 2.45) is 0 Å². The molecule has 1 saturated heterocycles. The predicted octanol–water partition coefficient (Wildman–Crippen LogP) is 4.08. The van der Waals surface area contributed by atoms with Crippen molar-refractivity contribution in [2.75, 3.05) is 26.7 Å². The Morgan fingerprint density at radius 2 is 1.65 bits per heavy atom. The first-order chi connectivity index (χ1) is 14.7. The van der Waals surface area contributed by atoms with Gasteiger partial charge in [-0.15, -0.1) is 5.01 Å². The number of piperidine rings is 1. The molecule has 0 radical (unpaired) electrons. The van der Waals surface area contributed by atoms with E-state index in [2.05, 4.69) is 0 Å². The molecule has 2 aromatic carbocycles. The minimum Gasteiger partial charge on any atom is -0.335 e. The van der Waals surface area contributed by atoms with E-state index in [1.165, 1.54) is 19.2 Å². The van der Waals surface area contributed by atoms with Crippen LogP contribution in [0.15, 0.2) is 42.5 Å². The molecule has 0 spiro atoms. The Kier molecular flexibility index (Phi) is 5.73. The van der Waals surface area contributed by atoms with Gasteiger partial charge < -0.3 is 4.90 Å². The molecule has 1 amide bonds. The number of hydrazine groups is 1. The molecule has 0 atom stereocenters. The first kappa shape index (κ1) is 21.3. The van der Waals surface area contributed by atoms with Crippen LogP contribution in [0.25, 0.3) is 0 Å². The zero-order valence-electron chi connectivity index (χ0n) is 17.4. The van der Waals surface area contributed by atoms with Gasteiger partial charge in [0.05, 0.1) is 23.6 Å². The molecule has 2 aliphatic rings. The number of halogens is 3. The number of hydrogen-bond donors (Lipinski definition) is 0. The first-order valence-corrected chi connectivity index (χ1v) is 10.5.